The van der Waals surface area contributed by atoms with E-state index in [1.54, 1.807) is 0 Å². The molecular weight excluding hydrogens is 148 g/mol. The van der Waals surface area contributed by atoms with Crippen molar-refractivity contribution in [1.82, 2.24) is 0 Å². The molecule has 0 fully saturated rings. The lowest BCUT2D eigenvalue weighted by Crippen LogP contribution is -2.24. The largest absolute Gasteiger partial charge is 0.175 e. The van der Waals surface area contributed by atoms with E-state index in [9.17, 15) is 0 Å². The van der Waals surface area contributed by atoms with Crippen molar-refractivity contribution in [3.05, 3.63) is 0 Å². The van der Waals surface area contributed by atoms with Gasteiger partial charge < -0.3 is 0 Å². The van der Waals surface area contributed by atoms with Gasteiger partial charge in [-0.2, -0.15) is 25.3 Å². The minimum Gasteiger partial charge on any atom is -0.175 e. The van der Waals surface area contributed by atoms with Gasteiger partial charge in [0.15, 0.2) is 0 Å². The highest BCUT2D eigenvalue weighted by atomic mass is 32.1. The Kier molecular flexibility index (Phi) is 4.06. The summed E-state index contributed by atoms with van der Waals surface area (Å²) in [4.78, 5) is 0. The lowest BCUT2D eigenvalue weighted by Gasteiger charge is -2.24. The number of thiol groups is 2. The smallest absolute Gasteiger partial charge is 0.0189 e. The fraction of sp³-hybridized carbons (Fsp3) is 1.00. The average Bonchev–Trinajstić information content (AvgIpc) is 1.64. The van der Waals surface area contributed by atoms with Crippen molar-refractivity contribution in [2.75, 3.05) is 0 Å². The SMILES string of the molecule is CCCC(S)C(C)(C)S. The lowest BCUT2D eigenvalue weighted by atomic mass is 10.1. The molecule has 0 saturated heterocycles. The average molecular weight is 164 g/mol. The fourth-order valence-electron chi connectivity index (χ4n) is 0.627. The molecule has 0 radical (unpaired) electrons. The van der Waals surface area contributed by atoms with Crippen molar-refractivity contribution in [1.29, 1.82) is 0 Å². The molecule has 0 aliphatic carbocycles. The molecule has 9 heavy (non-hydrogen) atoms. The highest BCUT2D eigenvalue weighted by Crippen LogP contribution is 2.25. The Morgan fingerprint density at radius 3 is 2.00 bits per heavy atom. The van der Waals surface area contributed by atoms with E-state index in [1.807, 2.05) is 0 Å². The van der Waals surface area contributed by atoms with Crippen LogP contribution in [0.25, 0.3) is 0 Å². The predicted octanol–water partition coefficient (Wildman–Crippen LogP) is 2.79. The third-order valence-electron chi connectivity index (χ3n) is 1.38. The molecule has 1 atom stereocenters. The van der Waals surface area contributed by atoms with Gasteiger partial charge in [0.1, 0.15) is 0 Å². The van der Waals surface area contributed by atoms with Gasteiger partial charge in [0, 0.05) is 10.00 Å². The molecule has 0 aromatic heterocycles. The zero-order valence-corrected chi connectivity index (χ0v) is 8.17. The summed E-state index contributed by atoms with van der Waals surface area (Å²) in [6.07, 6.45) is 2.35. The van der Waals surface area contributed by atoms with Crippen LogP contribution in [0.15, 0.2) is 0 Å². The first-order valence-electron chi connectivity index (χ1n) is 3.39. The van der Waals surface area contributed by atoms with E-state index in [-0.39, 0.29) is 4.75 Å². The Balaban J connectivity index is 3.59. The Bertz CT molecular complexity index is 73.5. The number of hydrogen-bond acceptors (Lipinski definition) is 2. The van der Waals surface area contributed by atoms with Crippen LogP contribution in [0.2, 0.25) is 0 Å². The van der Waals surface area contributed by atoms with Gasteiger partial charge in [0.25, 0.3) is 0 Å². The van der Waals surface area contributed by atoms with Gasteiger partial charge in [-0.1, -0.05) is 13.3 Å². The van der Waals surface area contributed by atoms with Gasteiger partial charge in [0.05, 0.1) is 0 Å². The molecule has 0 heterocycles. The van der Waals surface area contributed by atoms with E-state index in [1.165, 1.54) is 6.42 Å². The summed E-state index contributed by atoms with van der Waals surface area (Å²) >= 11 is 8.82. The number of rotatable bonds is 3. The minimum atomic E-state index is 0.0686. The van der Waals surface area contributed by atoms with Gasteiger partial charge >= 0.3 is 0 Å². The topological polar surface area (TPSA) is 0 Å². The molecule has 0 rings (SSSR count). The molecular formula is C7H16S2. The predicted molar refractivity (Wildman–Crippen MR) is 50.7 cm³/mol. The first-order chi connectivity index (χ1) is 3.98. The number of hydrogen-bond donors (Lipinski definition) is 2. The fourth-order valence-corrected chi connectivity index (χ4v) is 1.01. The molecule has 1 unspecified atom stereocenters. The summed E-state index contributed by atoms with van der Waals surface area (Å²) < 4.78 is 0.0686. The normalized spacial score (nSPS) is 15.7. The molecule has 0 aliphatic rings. The second-order valence-corrected chi connectivity index (χ2v) is 4.73. The van der Waals surface area contributed by atoms with Crippen molar-refractivity contribution in [3.8, 4) is 0 Å². The van der Waals surface area contributed by atoms with Crippen molar-refractivity contribution in [2.24, 2.45) is 0 Å². The summed E-state index contributed by atoms with van der Waals surface area (Å²) in [5, 5.41) is 0.422. The van der Waals surface area contributed by atoms with Crippen LogP contribution in [-0.4, -0.2) is 10.00 Å². The van der Waals surface area contributed by atoms with Crippen LogP contribution in [0.5, 0.6) is 0 Å². The van der Waals surface area contributed by atoms with Crippen molar-refractivity contribution >= 4 is 25.3 Å². The summed E-state index contributed by atoms with van der Waals surface area (Å²) in [6, 6.07) is 0. The van der Waals surface area contributed by atoms with Gasteiger partial charge in [-0.3, -0.25) is 0 Å². The molecule has 0 N–H and O–H groups in total. The molecule has 0 spiro atoms. The zero-order valence-electron chi connectivity index (χ0n) is 6.39. The monoisotopic (exact) mass is 164 g/mol. The highest BCUT2D eigenvalue weighted by Gasteiger charge is 2.20. The maximum atomic E-state index is 4.41. The van der Waals surface area contributed by atoms with Crippen LogP contribution < -0.4 is 0 Å². The van der Waals surface area contributed by atoms with Crippen LogP contribution in [0, 0.1) is 0 Å². The van der Waals surface area contributed by atoms with Crippen LogP contribution in [0.1, 0.15) is 33.6 Å². The Hall–Kier alpha value is 0.700. The molecule has 2 heteroatoms. The maximum Gasteiger partial charge on any atom is 0.0189 e. The van der Waals surface area contributed by atoms with E-state index >= 15 is 0 Å². The van der Waals surface area contributed by atoms with Gasteiger partial charge in [-0.05, 0) is 20.3 Å². The first-order valence-corrected chi connectivity index (χ1v) is 4.35. The van der Waals surface area contributed by atoms with Crippen molar-refractivity contribution in [2.45, 2.75) is 43.6 Å². The van der Waals surface area contributed by atoms with E-state index in [0.717, 1.165) is 6.42 Å². The second-order valence-electron chi connectivity index (χ2n) is 2.96. The summed E-state index contributed by atoms with van der Waals surface area (Å²) in [6.45, 7) is 6.37. The van der Waals surface area contributed by atoms with Gasteiger partial charge in [-0.25, -0.2) is 0 Å². The van der Waals surface area contributed by atoms with Crippen LogP contribution in [-0.2, 0) is 0 Å². The molecule has 56 valence electrons. The van der Waals surface area contributed by atoms with Crippen molar-refractivity contribution in [3.63, 3.8) is 0 Å². The van der Waals surface area contributed by atoms with Crippen molar-refractivity contribution < 1.29 is 0 Å². The van der Waals surface area contributed by atoms with Crippen LogP contribution >= 0.6 is 25.3 Å². The first kappa shape index (κ1) is 9.70. The second kappa shape index (κ2) is 3.77. The lowest BCUT2D eigenvalue weighted by molar-refractivity contribution is 0.618. The standard InChI is InChI=1S/C7H16S2/c1-4-5-6(8)7(2,3)9/h6,8-9H,4-5H2,1-3H3. The summed E-state index contributed by atoms with van der Waals surface area (Å²) in [5.74, 6) is 0. The molecule has 0 saturated carbocycles. The Morgan fingerprint density at radius 2 is 1.89 bits per heavy atom. The van der Waals surface area contributed by atoms with E-state index in [0.29, 0.717) is 5.25 Å². The quantitative estimate of drug-likeness (QED) is 0.589. The summed E-state index contributed by atoms with van der Waals surface area (Å²) in [5.41, 5.74) is 0. The van der Waals surface area contributed by atoms with E-state index in [2.05, 4.69) is 46.0 Å². The molecule has 0 amide bonds. The van der Waals surface area contributed by atoms with Gasteiger partial charge in [-0.15, -0.1) is 0 Å². The zero-order chi connectivity index (χ0) is 7.49. The third kappa shape index (κ3) is 4.15. The summed E-state index contributed by atoms with van der Waals surface area (Å²) in [7, 11) is 0. The molecule has 0 bridgehead atoms. The van der Waals surface area contributed by atoms with Crippen LogP contribution in [0.4, 0.5) is 0 Å². The molecule has 0 aromatic rings. The van der Waals surface area contributed by atoms with Gasteiger partial charge in [0.2, 0.25) is 0 Å². The Morgan fingerprint density at radius 1 is 1.44 bits per heavy atom. The van der Waals surface area contributed by atoms with Crippen LogP contribution in [0.3, 0.4) is 0 Å². The van der Waals surface area contributed by atoms with E-state index < -0.39 is 0 Å². The maximum absolute atomic E-state index is 4.41. The Labute approximate surface area is 69.2 Å². The molecule has 0 aliphatic heterocycles. The minimum absolute atomic E-state index is 0.0686. The third-order valence-corrected chi connectivity index (χ3v) is 2.80. The highest BCUT2D eigenvalue weighted by molar-refractivity contribution is 7.85. The van der Waals surface area contributed by atoms with E-state index in [4.69, 9.17) is 0 Å². The molecule has 0 aromatic carbocycles. The molecule has 0 nitrogen and oxygen atoms in total.